The molecule has 0 amide bonds. The summed E-state index contributed by atoms with van der Waals surface area (Å²) in [7, 11) is 1.92. The van der Waals surface area contributed by atoms with E-state index >= 15 is 0 Å². The van der Waals surface area contributed by atoms with Crippen LogP contribution in [0.2, 0.25) is 0 Å². The lowest BCUT2D eigenvalue weighted by Gasteiger charge is -2.42. The summed E-state index contributed by atoms with van der Waals surface area (Å²) in [4.78, 5) is 25.0. The molecular weight excluding hydrogens is 322 g/mol. The summed E-state index contributed by atoms with van der Waals surface area (Å²) < 4.78 is 0. The molecular formula is C18H25N3O4. The largest absolute Gasteiger partial charge is 0.481 e. The Morgan fingerprint density at radius 1 is 1.24 bits per heavy atom. The van der Waals surface area contributed by atoms with Gasteiger partial charge in [0.25, 0.3) is 0 Å². The predicted molar refractivity (Wildman–Crippen MR) is 94.8 cm³/mol. The summed E-state index contributed by atoms with van der Waals surface area (Å²) in [6.07, 6.45) is 2.76. The molecule has 3 rings (SSSR count). The fourth-order valence-electron chi connectivity index (χ4n) is 4.08. The standard InChI is InChI=1S/C18H25N3O4/c1-21-15-5-3-2-4-14(15)20-18(21,10-12-6-8-19-9-7-12)11-13(16(22)23)17(24)25/h2-5,12-13,19-20H,6-11H2,1H3,(H,22,23)(H,24,25). The number of piperidine rings is 1. The first-order valence-electron chi connectivity index (χ1n) is 8.70. The van der Waals surface area contributed by atoms with Crippen LogP contribution in [-0.4, -0.2) is 48.0 Å². The van der Waals surface area contributed by atoms with Gasteiger partial charge in [-0.15, -0.1) is 0 Å². The van der Waals surface area contributed by atoms with Crippen molar-refractivity contribution in [2.75, 3.05) is 30.4 Å². The maximum Gasteiger partial charge on any atom is 0.318 e. The molecule has 2 aliphatic rings. The van der Waals surface area contributed by atoms with Gasteiger partial charge in [-0.05, 0) is 50.4 Å². The number of carboxylic acids is 2. The number of para-hydroxylation sites is 2. The molecule has 1 saturated heterocycles. The number of hydrogen-bond acceptors (Lipinski definition) is 5. The molecule has 2 aliphatic heterocycles. The number of nitrogens with one attached hydrogen (secondary N) is 2. The summed E-state index contributed by atoms with van der Waals surface area (Å²) >= 11 is 0. The molecule has 2 heterocycles. The van der Waals surface area contributed by atoms with Crippen LogP contribution in [0.5, 0.6) is 0 Å². The minimum Gasteiger partial charge on any atom is -0.481 e. The van der Waals surface area contributed by atoms with Gasteiger partial charge in [0.05, 0.1) is 11.4 Å². The molecule has 0 bridgehead atoms. The third-order valence-corrected chi connectivity index (χ3v) is 5.50. The highest BCUT2D eigenvalue weighted by Crippen LogP contribution is 2.45. The van der Waals surface area contributed by atoms with Crippen molar-refractivity contribution in [2.24, 2.45) is 11.8 Å². The van der Waals surface area contributed by atoms with E-state index in [1.807, 2.05) is 36.2 Å². The van der Waals surface area contributed by atoms with Gasteiger partial charge in [0.1, 0.15) is 5.66 Å². The number of benzene rings is 1. The van der Waals surface area contributed by atoms with Crippen molar-refractivity contribution >= 4 is 23.3 Å². The third-order valence-electron chi connectivity index (χ3n) is 5.50. The number of rotatable bonds is 6. The van der Waals surface area contributed by atoms with Crippen LogP contribution in [0.3, 0.4) is 0 Å². The van der Waals surface area contributed by atoms with Crippen LogP contribution >= 0.6 is 0 Å². The van der Waals surface area contributed by atoms with E-state index < -0.39 is 23.5 Å². The summed E-state index contributed by atoms with van der Waals surface area (Å²) in [5.41, 5.74) is 1.20. The highest BCUT2D eigenvalue weighted by Gasteiger charge is 2.47. The van der Waals surface area contributed by atoms with Gasteiger partial charge in [0, 0.05) is 13.5 Å². The molecule has 1 aromatic rings. The fourth-order valence-corrected chi connectivity index (χ4v) is 4.08. The smallest absolute Gasteiger partial charge is 0.318 e. The Morgan fingerprint density at radius 2 is 1.88 bits per heavy atom. The molecule has 0 saturated carbocycles. The lowest BCUT2D eigenvalue weighted by Crippen LogP contribution is -2.53. The molecule has 0 aromatic heterocycles. The van der Waals surface area contributed by atoms with Gasteiger partial charge in [-0.2, -0.15) is 0 Å². The van der Waals surface area contributed by atoms with Crippen LogP contribution in [0.4, 0.5) is 11.4 Å². The second-order valence-electron chi connectivity index (χ2n) is 7.06. The Morgan fingerprint density at radius 3 is 2.48 bits per heavy atom. The van der Waals surface area contributed by atoms with Crippen LogP contribution in [0.15, 0.2) is 24.3 Å². The van der Waals surface area contributed by atoms with Crippen molar-refractivity contribution in [3.8, 4) is 0 Å². The topological polar surface area (TPSA) is 102 Å². The number of aliphatic carboxylic acids is 2. The van der Waals surface area contributed by atoms with Crippen molar-refractivity contribution in [2.45, 2.75) is 31.3 Å². The number of fused-ring (bicyclic) bond motifs is 1. The first kappa shape index (κ1) is 17.5. The number of hydrogen-bond donors (Lipinski definition) is 4. The van der Waals surface area contributed by atoms with E-state index in [0.29, 0.717) is 5.92 Å². The van der Waals surface area contributed by atoms with Gasteiger partial charge in [0.2, 0.25) is 0 Å². The second kappa shape index (κ2) is 6.92. The quantitative estimate of drug-likeness (QED) is 0.582. The molecule has 1 fully saturated rings. The molecule has 0 aliphatic carbocycles. The highest BCUT2D eigenvalue weighted by atomic mass is 16.4. The number of carbonyl (C=O) groups is 2. The number of carboxylic acid groups (broad SMARTS) is 2. The van der Waals surface area contributed by atoms with Crippen LogP contribution in [-0.2, 0) is 9.59 Å². The Hall–Kier alpha value is -2.28. The minimum atomic E-state index is -1.44. The predicted octanol–water partition coefficient (Wildman–Crippen LogP) is 1.81. The molecule has 4 N–H and O–H groups in total. The van der Waals surface area contributed by atoms with E-state index in [0.717, 1.165) is 43.7 Å². The zero-order chi connectivity index (χ0) is 18.0. The van der Waals surface area contributed by atoms with Gasteiger partial charge in [-0.25, -0.2) is 0 Å². The Labute approximate surface area is 147 Å². The Bertz CT molecular complexity index is 645. The van der Waals surface area contributed by atoms with Gasteiger partial charge >= 0.3 is 11.9 Å². The maximum atomic E-state index is 11.5. The first-order chi connectivity index (χ1) is 11.9. The molecule has 0 spiro atoms. The average molecular weight is 347 g/mol. The molecule has 1 unspecified atom stereocenters. The van der Waals surface area contributed by atoms with Gasteiger partial charge in [0.15, 0.2) is 5.92 Å². The molecule has 136 valence electrons. The van der Waals surface area contributed by atoms with Crippen molar-refractivity contribution in [3.63, 3.8) is 0 Å². The van der Waals surface area contributed by atoms with Crippen LogP contribution in [0, 0.1) is 11.8 Å². The van der Waals surface area contributed by atoms with Crippen LogP contribution < -0.4 is 15.5 Å². The molecule has 7 nitrogen and oxygen atoms in total. The zero-order valence-corrected chi connectivity index (χ0v) is 14.4. The van der Waals surface area contributed by atoms with Crippen molar-refractivity contribution in [1.82, 2.24) is 5.32 Å². The molecule has 25 heavy (non-hydrogen) atoms. The summed E-state index contributed by atoms with van der Waals surface area (Å²) in [5.74, 6) is -3.59. The number of anilines is 2. The normalized spacial score (nSPS) is 23.4. The average Bonchev–Trinajstić information content (AvgIpc) is 2.86. The highest BCUT2D eigenvalue weighted by molar-refractivity contribution is 5.93. The molecule has 7 heteroatoms. The zero-order valence-electron chi connectivity index (χ0n) is 14.4. The Kier molecular flexibility index (Phi) is 4.85. The molecule has 1 aromatic carbocycles. The number of nitrogens with zero attached hydrogens (tertiary/aromatic N) is 1. The van der Waals surface area contributed by atoms with E-state index in [9.17, 15) is 19.8 Å². The van der Waals surface area contributed by atoms with E-state index in [2.05, 4.69) is 10.6 Å². The second-order valence-corrected chi connectivity index (χ2v) is 7.06. The summed E-state index contributed by atoms with van der Waals surface area (Å²) in [6, 6.07) is 7.78. The van der Waals surface area contributed by atoms with Crippen molar-refractivity contribution in [1.29, 1.82) is 0 Å². The van der Waals surface area contributed by atoms with Gasteiger partial charge in [-0.3, -0.25) is 9.59 Å². The van der Waals surface area contributed by atoms with Crippen LogP contribution in [0.25, 0.3) is 0 Å². The Balaban J connectivity index is 1.91. The van der Waals surface area contributed by atoms with Gasteiger partial charge < -0.3 is 25.7 Å². The minimum absolute atomic E-state index is 0.0206. The van der Waals surface area contributed by atoms with E-state index in [-0.39, 0.29) is 6.42 Å². The summed E-state index contributed by atoms with van der Waals surface area (Å²) in [5, 5.41) is 25.6. The van der Waals surface area contributed by atoms with E-state index in [1.54, 1.807) is 0 Å². The third kappa shape index (κ3) is 3.42. The van der Waals surface area contributed by atoms with E-state index in [1.165, 1.54) is 0 Å². The van der Waals surface area contributed by atoms with E-state index in [4.69, 9.17) is 0 Å². The fraction of sp³-hybridized carbons (Fsp3) is 0.556. The lowest BCUT2D eigenvalue weighted by molar-refractivity contribution is -0.155. The lowest BCUT2D eigenvalue weighted by atomic mass is 9.82. The van der Waals surface area contributed by atoms with Crippen LogP contribution in [0.1, 0.15) is 25.7 Å². The monoisotopic (exact) mass is 347 g/mol. The van der Waals surface area contributed by atoms with Crippen molar-refractivity contribution < 1.29 is 19.8 Å². The first-order valence-corrected chi connectivity index (χ1v) is 8.70. The summed E-state index contributed by atoms with van der Waals surface area (Å²) in [6.45, 7) is 1.89. The molecule has 0 radical (unpaired) electrons. The molecule has 1 atom stereocenters. The van der Waals surface area contributed by atoms with Gasteiger partial charge in [-0.1, -0.05) is 12.1 Å². The SMILES string of the molecule is CN1c2ccccc2NC1(CC1CCNCC1)CC(C(=O)O)C(=O)O. The maximum absolute atomic E-state index is 11.5. The van der Waals surface area contributed by atoms with Crippen molar-refractivity contribution in [3.05, 3.63) is 24.3 Å².